The first-order chi connectivity index (χ1) is 14.8. The van der Waals surface area contributed by atoms with E-state index in [1.807, 2.05) is 36.3 Å². The van der Waals surface area contributed by atoms with Gasteiger partial charge in [0.1, 0.15) is 5.69 Å². The highest BCUT2D eigenvalue weighted by Gasteiger charge is 2.24. The number of hydrogen-bond acceptors (Lipinski definition) is 3. The molecule has 2 heterocycles. The van der Waals surface area contributed by atoms with E-state index in [4.69, 9.17) is 0 Å². The minimum Gasteiger partial charge on any atom is -0.378 e. The van der Waals surface area contributed by atoms with Crippen molar-refractivity contribution in [2.45, 2.75) is 65.0 Å². The first-order valence-corrected chi connectivity index (χ1v) is 11.3. The highest BCUT2D eigenvalue weighted by atomic mass is 16.1. The van der Waals surface area contributed by atoms with Crippen LogP contribution in [0.3, 0.4) is 0 Å². The fourth-order valence-electron chi connectivity index (χ4n) is 4.61. The highest BCUT2D eigenvalue weighted by Crippen LogP contribution is 2.34. The van der Waals surface area contributed by atoms with E-state index < -0.39 is 0 Å². The third-order valence-corrected chi connectivity index (χ3v) is 6.13. The molecule has 0 unspecified atom stereocenters. The molecule has 1 aromatic carbocycles. The predicted octanol–water partition coefficient (Wildman–Crippen LogP) is 5.43. The molecule has 31 heavy (non-hydrogen) atoms. The van der Waals surface area contributed by atoms with Gasteiger partial charge in [-0.15, -0.1) is 0 Å². The zero-order valence-corrected chi connectivity index (χ0v) is 19.1. The molecule has 0 aliphatic heterocycles. The molecule has 164 valence electrons. The summed E-state index contributed by atoms with van der Waals surface area (Å²) in [6.45, 7) is 7.16. The van der Waals surface area contributed by atoms with E-state index in [1.165, 1.54) is 5.56 Å². The summed E-state index contributed by atoms with van der Waals surface area (Å²) in [4.78, 5) is 13.3. The van der Waals surface area contributed by atoms with Crippen LogP contribution in [-0.4, -0.2) is 20.4 Å². The smallest absolute Gasteiger partial charge is 0.273 e. The maximum absolute atomic E-state index is 13.3. The van der Waals surface area contributed by atoms with Crippen molar-refractivity contribution in [2.24, 2.45) is 12.5 Å². The average Bonchev–Trinajstić information content (AvgIpc) is 3.17. The van der Waals surface area contributed by atoms with Crippen molar-refractivity contribution >= 4 is 5.69 Å². The summed E-state index contributed by atoms with van der Waals surface area (Å²) in [5.41, 5.74) is 4.27. The molecule has 1 aliphatic rings. The molecule has 0 radical (unpaired) electrons. The average molecular weight is 419 g/mol. The maximum Gasteiger partial charge on any atom is 0.273 e. The van der Waals surface area contributed by atoms with E-state index in [0.717, 1.165) is 36.8 Å². The van der Waals surface area contributed by atoms with Gasteiger partial charge in [0.05, 0.1) is 6.20 Å². The first-order valence-electron chi connectivity index (χ1n) is 11.3. The van der Waals surface area contributed by atoms with Crippen LogP contribution in [0.25, 0.3) is 11.1 Å². The molecule has 1 saturated carbocycles. The molecule has 2 aromatic heterocycles. The summed E-state index contributed by atoms with van der Waals surface area (Å²) in [7, 11) is 1.92. The first kappa shape index (κ1) is 21.4. The van der Waals surface area contributed by atoms with Crippen LogP contribution in [0, 0.1) is 5.41 Å². The standard InChI is InChI=1S/C26H34N4O/c1-26(2,3)18-30-17-21(22-15-27-29(4)16-22)14-24(25(30)31)28-23-12-10-20(11-13-23)19-8-6-5-7-9-19/h5-9,14-17,20,23,28H,10-13,18H2,1-4H3/t20-,23+. The summed E-state index contributed by atoms with van der Waals surface area (Å²) >= 11 is 0. The van der Waals surface area contributed by atoms with Crippen molar-refractivity contribution in [2.75, 3.05) is 5.32 Å². The summed E-state index contributed by atoms with van der Waals surface area (Å²) in [5.74, 6) is 0.624. The topological polar surface area (TPSA) is 51.9 Å². The molecule has 5 nitrogen and oxygen atoms in total. The van der Waals surface area contributed by atoms with Crippen molar-refractivity contribution in [3.8, 4) is 11.1 Å². The third-order valence-electron chi connectivity index (χ3n) is 6.13. The number of nitrogens with zero attached hydrogens (tertiary/aromatic N) is 3. The van der Waals surface area contributed by atoms with Gasteiger partial charge in [0.2, 0.25) is 0 Å². The Labute approximate surface area is 185 Å². The Morgan fingerprint density at radius 1 is 1.03 bits per heavy atom. The molecule has 0 spiro atoms. The van der Waals surface area contributed by atoms with Crippen molar-refractivity contribution < 1.29 is 0 Å². The fraction of sp³-hybridized carbons (Fsp3) is 0.462. The Bertz CT molecular complexity index is 1070. The number of rotatable bonds is 5. The molecule has 0 amide bonds. The maximum atomic E-state index is 13.3. The molecule has 1 aliphatic carbocycles. The molecule has 4 rings (SSSR count). The lowest BCUT2D eigenvalue weighted by molar-refractivity contribution is 0.338. The number of hydrogen-bond donors (Lipinski definition) is 1. The van der Waals surface area contributed by atoms with Gasteiger partial charge in [-0.25, -0.2) is 0 Å². The van der Waals surface area contributed by atoms with Gasteiger partial charge in [-0.2, -0.15) is 5.10 Å². The van der Waals surface area contributed by atoms with Crippen LogP contribution in [0.2, 0.25) is 0 Å². The lowest BCUT2D eigenvalue weighted by Gasteiger charge is -2.30. The van der Waals surface area contributed by atoms with Crippen molar-refractivity contribution in [3.63, 3.8) is 0 Å². The summed E-state index contributed by atoms with van der Waals surface area (Å²) in [6.07, 6.45) is 10.3. The minimum atomic E-state index is 0.0163. The van der Waals surface area contributed by atoms with Crippen LogP contribution in [0.4, 0.5) is 5.69 Å². The lowest BCUT2D eigenvalue weighted by Crippen LogP contribution is -2.32. The van der Waals surface area contributed by atoms with Gasteiger partial charge in [-0.1, -0.05) is 51.1 Å². The molecule has 5 heteroatoms. The van der Waals surface area contributed by atoms with Gasteiger partial charge in [0.15, 0.2) is 0 Å². The second kappa shape index (κ2) is 8.74. The van der Waals surface area contributed by atoms with E-state index in [9.17, 15) is 4.79 Å². The molecule has 3 aromatic rings. The van der Waals surface area contributed by atoms with Crippen molar-refractivity contribution in [3.05, 3.63) is 70.9 Å². The number of aromatic nitrogens is 3. The van der Waals surface area contributed by atoms with Crippen LogP contribution in [-0.2, 0) is 13.6 Å². The Kier molecular flexibility index (Phi) is 6.03. The molecule has 0 atom stereocenters. The lowest BCUT2D eigenvalue weighted by atomic mass is 9.82. The highest BCUT2D eigenvalue weighted by molar-refractivity contribution is 5.65. The normalized spacial score (nSPS) is 19.4. The third kappa shape index (κ3) is 5.27. The summed E-state index contributed by atoms with van der Waals surface area (Å²) in [5, 5.41) is 7.91. The molecular formula is C26H34N4O. The van der Waals surface area contributed by atoms with E-state index >= 15 is 0 Å². The SMILES string of the molecule is Cn1cc(-c2cc(N[C@H]3CC[C@@H](c4ccccc4)CC3)c(=O)n(CC(C)(C)C)c2)cn1. The summed E-state index contributed by atoms with van der Waals surface area (Å²) in [6, 6.07) is 13.1. The van der Waals surface area contributed by atoms with Crippen LogP contribution in [0.15, 0.2) is 59.8 Å². The van der Waals surface area contributed by atoms with Crippen LogP contribution >= 0.6 is 0 Å². The zero-order valence-electron chi connectivity index (χ0n) is 19.1. The zero-order chi connectivity index (χ0) is 22.0. The van der Waals surface area contributed by atoms with Crippen molar-refractivity contribution in [1.82, 2.24) is 14.3 Å². The second-order valence-corrected chi connectivity index (χ2v) is 10.1. The number of pyridine rings is 1. The van der Waals surface area contributed by atoms with Gasteiger partial charge in [0, 0.05) is 43.2 Å². The Balaban J connectivity index is 1.56. The molecule has 1 N–H and O–H groups in total. The number of aryl methyl sites for hydroxylation is 1. The van der Waals surface area contributed by atoms with E-state index in [-0.39, 0.29) is 11.0 Å². The largest absolute Gasteiger partial charge is 0.378 e. The van der Waals surface area contributed by atoms with Gasteiger partial charge < -0.3 is 9.88 Å². The molecule has 0 saturated heterocycles. The van der Waals surface area contributed by atoms with Crippen LogP contribution in [0.1, 0.15) is 57.9 Å². The number of anilines is 1. The van der Waals surface area contributed by atoms with Crippen LogP contribution in [0.5, 0.6) is 0 Å². The van der Waals surface area contributed by atoms with Gasteiger partial charge in [-0.05, 0) is 48.6 Å². The Morgan fingerprint density at radius 2 is 1.74 bits per heavy atom. The molecule has 1 fully saturated rings. The predicted molar refractivity (Wildman–Crippen MR) is 127 cm³/mol. The molecular weight excluding hydrogens is 384 g/mol. The Hall–Kier alpha value is -2.82. The fourth-order valence-corrected chi connectivity index (χ4v) is 4.61. The molecule has 0 bridgehead atoms. The van der Waals surface area contributed by atoms with Crippen molar-refractivity contribution in [1.29, 1.82) is 0 Å². The minimum absolute atomic E-state index is 0.0163. The van der Waals surface area contributed by atoms with E-state index in [2.05, 4.69) is 61.5 Å². The quantitative estimate of drug-likeness (QED) is 0.601. The van der Waals surface area contributed by atoms with Gasteiger partial charge in [-0.3, -0.25) is 9.48 Å². The Morgan fingerprint density at radius 3 is 2.35 bits per heavy atom. The monoisotopic (exact) mass is 418 g/mol. The number of benzene rings is 1. The second-order valence-electron chi connectivity index (χ2n) is 10.1. The van der Waals surface area contributed by atoms with Gasteiger partial charge >= 0.3 is 0 Å². The van der Waals surface area contributed by atoms with E-state index in [0.29, 0.717) is 24.2 Å². The van der Waals surface area contributed by atoms with Gasteiger partial charge in [0.25, 0.3) is 5.56 Å². The summed E-state index contributed by atoms with van der Waals surface area (Å²) < 4.78 is 3.66. The number of nitrogens with one attached hydrogen (secondary N) is 1. The van der Waals surface area contributed by atoms with Crippen LogP contribution < -0.4 is 10.9 Å². The van der Waals surface area contributed by atoms with E-state index in [1.54, 1.807) is 4.68 Å².